The number of nitrogens with zero attached hydrogens (tertiary/aromatic N) is 2. The minimum absolute atomic E-state index is 0.0267. The first-order valence-corrected chi connectivity index (χ1v) is 17.3. The van der Waals surface area contributed by atoms with E-state index in [2.05, 4.69) is 42.3 Å². The molecule has 0 N–H and O–H groups in total. The van der Waals surface area contributed by atoms with Crippen LogP contribution in [0.3, 0.4) is 0 Å². The van der Waals surface area contributed by atoms with Crippen molar-refractivity contribution in [3.8, 4) is 0 Å². The van der Waals surface area contributed by atoms with Crippen molar-refractivity contribution in [1.29, 1.82) is 0 Å². The summed E-state index contributed by atoms with van der Waals surface area (Å²) in [6.45, 7) is 7.89. The molecule has 2 nitrogen and oxygen atoms in total. The van der Waals surface area contributed by atoms with Crippen molar-refractivity contribution in [2.24, 2.45) is 9.98 Å². The van der Waals surface area contributed by atoms with Gasteiger partial charge in [-0.15, -0.1) is 0 Å². The molecule has 0 radical (unpaired) electrons. The third kappa shape index (κ3) is 8.76. The molecule has 0 heterocycles. The summed E-state index contributed by atoms with van der Waals surface area (Å²) in [7, 11) is 1.25. The van der Waals surface area contributed by atoms with Gasteiger partial charge < -0.3 is 0 Å². The van der Waals surface area contributed by atoms with Crippen LogP contribution in [0.1, 0.15) is 61.8 Å². The van der Waals surface area contributed by atoms with E-state index >= 15 is 0 Å². The van der Waals surface area contributed by atoms with Crippen LogP contribution >= 0.6 is 28.5 Å². The molecule has 0 amide bonds. The Hall–Kier alpha value is -2.47. The molecule has 2 atom stereocenters. The van der Waals surface area contributed by atoms with Crippen LogP contribution in [-0.2, 0) is 10.9 Å². The van der Waals surface area contributed by atoms with Crippen LogP contribution in [0.25, 0.3) is 0 Å². The third-order valence-corrected chi connectivity index (χ3v) is 6.61. The molecule has 0 fully saturated rings. The number of aliphatic imine (C=N–C) groups is 2. The van der Waals surface area contributed by atoms with E-state index in [1.54, 1.807) is 24.3 Å². The van der Waals surface area contributed by atoms with Crippen molar-refractivity contribution in [1.82, 2.24) is 0 Å². The van der Waals surface area contributed by atoms with Crippen LogP contribution in [0.4, 0.5) is 20.2 Å². The average Bonchev–Trinajstić information content (AvgIpc) is 2.95. The van der Waals surface area contributed by atoms with Gasteiger partial charge in [-0.3, -0.25) is 9.98 Å². The average molecular weight is 699 g/mol. The summed E-state index contributed by atoms with van der Waals surface area (Å²) >= 11 is 6.00. The first-order valence-electron chi connectivity index (χ1n) is 12.4. The Balaban J connectivity index is 0.00000134. The van der Waals surface area contributed by atoms with Gasteiger partial charge in [0.2, 0.25) is 0 Å². The van der Waals surface area contributed by atoms with E-state index in [-0.39, 0.29) is 23.5 Å². The van der Waals surface area contributed by atoms with E-state index in [4.69, 9.17) is 9.98 Å². The molecule has 4 aromatic carbocycles. The summed E-state index contributed by atoms with van der Waals surface area (Å²) in [5.41, 5.74) is 6.65. The second-order valence-corrected chi connectivity index (χ2v) is 14.1. The van der Waals surface area contributed by atoms with Crippen molar-refractivity contribution in [2.75, 3.05) is 0 Å². The zero-order chi connectivity index (χ0) is 28.4. The van der Waals surface area contributed by atoms with E-state index in [1.165, 1.54) is 23.0 Å². The van der Waals surface area contributed by atoms with Gasteiger partial charge in [-0.05, 0) is 72.5 Å². The monoisotopic (exact) mass is 696 g/mol. The second kappa shape index (κ2) is 15.4. The minimum atomic E-state index is -0.291. The molecular weight excluding hydrogens is 669 g/mol. The molecule has 0 aliphatic rings. The van der Waals surface area contributed by atoms with Crippen molar-refractivity contribution in [2.45, 2.75) is 39.5 Å². The number of hydrogen-bond donors (Lipinski definition) is 0. The summed E-state index contributed by atoms with van der Waals surface area (Å²) in [5.74, 6) is -0.636. The van der Waals surface area contributed by atoms with Crippen LogP contribution in [0.15, 0.2) is 107 Å². The zero-order valence-corrected chi connectivity index (χ0v) is 26.3. The van der Waals surface area contributed by atoms with Crippen molar-refractivity contribution < 1.29 is 19.7 Å². The molecule has 0 aliphatic heterocycles. The van der Waals surface area contributed by atoms with Gasteiger partial charge in [-0.2, -0.15) is 0 Å². The molecule has 0 saturated heterocycles. The Morgan fingerprint density at radius 3 is 1.28 bits per heavy atom. The Morgan fingerprint density at radius 1 is 0.615 bits per heavy atom. The molecule has 206 valence electrons. The van der Waals surface area contributed by atoms with E-state index in [0.717, 1.165) is 22.3 Å². The summed E-state index contributed by atoms with van der Waals surface area (Å²) in [4.78, 5) is 9.68. The van der Waals surface area contributed by atoms with Crippen LogP contribution in [0.2, 0.25) is 0 Å². The maximum atomic E-state index is 14.2. The molecule has 0 aliphatic carbocycles. The normalized spacial score (nSPS) is 13.4. The molecule has 7 heteroatoms. The van der Waals surface area contributed by atoms with Gasteiger partial charge in [-0.1, -0.05) is 74.5 Å². The fourth-order valence-electron chi connectivity index (χ4n) is 4.31. The molecule has 4 rings (SSSR count). The molecule has 0 aromatic heterocycles. The molecule has 4 aromatic rings. The van der Waals surface area contributed by atoms with E-state index in [9.17, 15) is 8.78 Å². The molecule has 2 unspecified atom stereocenters. The van der Waals surface area contributed by atoms with E-state index < -0.39 is 0 Å². The maximum absolute atomic E-state index is 14.2. The van der Waals surface area contributed by atoms with Gasteiger partial charge in [0.15, 0.2) is 0 Å². The Bertz CT molecular complexity index is 1320. The predicted octanol–water partition coefficient (Wildman–Crippen LogP) is 10.8. The predicted molar refractivity (Wildman–Crippen MR) is 164 cm³/mol. The van der Waals surface area contributed by atoms with Gasteiger partial charge in [-0.25, -0.2) is 8.78 Å². The standard InChI is InChI=1S/C32H30F2N2.2BrH.Ni/c1-21(25-11-7-5-8-12-25)29-19-27(33)15-17-31(29)35-23(3)24(4)36-32-18-16-28(34)20-30(32)22(2)26-13-9-6-10-14-26;;;/h5-22H,1-4H3;2*1H;/q;;;+2/p-2. The summed E-state index contributed by atoms with van der Waals surface area (Å²) in [5, 5.41) is 0. The number of rotatable bonds is 7. The number of halogens is 4. The summed E-state index contributed by atoms with van der Waals surface area (Å²) in [6.07, 6.45) is 0. The summed E-state index contributed by atoms with van der Waals surface area (Å²) < 4.78 is 28.4. The first-order chi connectivity index (χ1) is 18.7. The number of hydrogen-bond acceptors (Lipinski definition) is 2. The quantitative estimate of drug-likeness (QED) is 0.136. The fourth-order valence-corrected chi connectivity index (χ4v) is 4.31. The van der Waals surface area contributed by atoms with Crippen LogP contribution in [0, 0.1) is 11.6 Å². The topological polar surface area (TPSA) is 24.7 Å². The Morgan fingerprint density at radius 2 is 0.949 bits per heavy atom. The molecule has 0 bridgehead atoms. The summed E-state index contributed by atoms with van der Waals surface area (Å²) in [6, 6.07) is 29.4. The van der Waals surface area contributed by atoms with Gasteiger partial charge in [0.1, 0.15) is 11.6 Å². The van der Waals surface area contributed by atoms with Crippen molar-refractivity contribution in [3.63, 3.8) is 0 Å². The van der Waals surface area contributed by atoms with Gasteiger partial charge >= 0.3 is 39.3 Å². The third-order valence-electron chi connectivity index (χ3n) is 6.61. The second-order valence-electron chi connectivity index (χ2n) is 9.11. The van der Waals surface area contributed by atoms with Crippen molar-refractivity contribution in [3.05, 3.63) is 131 Å². The van der Waals surface area contributed by atoms with Crippen LogP contribution in [0.5, 0.6) is 0 Å². The fraction of sp³-hybridized carbons (Fsp3) is 0.188. The van der Waals surface area contributed by atoms with Crippen molar-refractivity contribution >= 4 is 51.2 Å². The zero-order valence-electron chi connectivity index (χ0n) is 22.1. The molecule has 0 spiro atoms. The van der Waals surface area contributed by atoms with Crippen LogP contribution < -0.4 is 0 Å². The van der Waals surface area contributed by atoms with E-state index in [0.29, 0.717) is 22.8 Å². The van der Waals surface area contributed by atoms with E-state index in [1.807, 2.05) is 74.5 Å². The van der Waals surface area contributed by atoms with Gasteiger partial charge in [0.05, 0.1) is 22.8 Å². The number of benzene rings is 4. The Kier molecular flexibility index (Phi) is 12.2. The van der Waals surface area contributed by atoms with Gasteiger partial charge in [0.25, 0.3) is 0 Å². The molecular formula is C32H30Br2F2N2Ni. The van der Waals surface area contributed by atoms with Crippen LogP contribution in [-0.4, -0.2) is 11.4 Å². The SMILES string of the molecule is CC(=Nc1ccc(F)cc1C(C)c1ccccc1)C(C)=Nc1ccc(F)cc1C(C)c1ccccc1.[Br][Ni][Br]. The molecule has 39 heavy (non-hydrogen) atoms. The Labute approximate surface area is 250 Å². The first kappa shape index (κ1) is 31.1. The molecule has 0 saturated carbocycles. The van der Waals surface area contributed by atoms with Gasteiger partial charge in [0, 0.05) is 11.8 Å².